The Morgan fingerprint density at radius 1 is 1.53 bits per heavy atom. The molecule has 0 atom stereocenters. The number of hydrogen-bond donors (Lipinski definition) is 2. The summed E-state index contributed by atoms with van der Waals surface area (Å²) in [6.07, 6.45) is 3.61. The molecule has 5 heteroatoms. The zero-order valence-corrected chi connectivity index (χ0v) is 10.7. The molecule has 5 nitrogen and oxygen atoms in total. The van der Waals surface area contributed by atoms with Crippen LogP contribution in [0.5, 0.6) is 0 Å². The Kier molecular flexibility index (Phi) is 5.25. The van der Waals surface area contributed by atoms with Crippen LogP contribution in [0.15, 0.2) is 5.16 Å². The Bertz CT molecular complexity index is 285. The molecule has 1 aliphatic carbocycles. The van der Waals surface area contributed by atoms with Crippen molar-refractivity contribution in [2.75, 3.05) is 13.1 Å². The fraction of sp³-hybridized carbons (Fsp3) is 0.833. The van der Waals surface area contributed by atoms with Gasteiger partial charge < -0.3 is 15.8 Å². The van der Waals surface area contributed by atoms with Gasteiger partial charge in [0, 0.05) is 25.4 Å². The van der Waals surface area contributed by atoms with Gasteiger partial charge in [-0.05, 0) is 18.8 Å². The van der Waals surface area contributed by atoms with Crippen LogP contribution in [-0.2, 0) is 4.79 Å². The van der Waals surface area contributed by atoms with Crippen LogP contribution in [0.25, 0.3) is 0 Å². The van der Waals surface area contributed by atoms with Gasteiger partial charge >= 0.3 is 0 Å². The highest BCUT2D eigenvalue weighted by Crippen LogP contribution is 2.28. The molecule has 1 fully saturated rings. The van der Waals surface area contributed by atoms with E-state index in [9.17, 15) is 4.79 Å². The van der Waals surface area contributed by atoms with Gasteiger partial charge in [0.05, 0.1) is 0 Å². The van der Waals surface area contributed by atoms with Crippen LogP contribution in [-0.4, -0.2) is 34.9 Å². The lowest BCUT2D eigenvalue weighted by Gasteiger charge is -2.32. The monoisotopic (exact) mass is 241 g/mol. The van der Waals surface area contributed by atoms with E-state index in [1.165, 1.54) is 0 Å². The number of carbonyl (C=O) groups is 1. The number of nitrogens with two attached hydrogens (primary N) is 1. The number of hydrogen-bond acceptors (Lipinski definition) is 3. The predicted molar refractivity (Wildman–Crippen MR) is 66.8 cm³/mol. The minimum atomic E-state index is 0.181. The molecule has 1 amide bonds. The third-order valence-electron chi connectivity index (χ3n) is 3.12. The minimum absolute atomic E-state index is 0.181. The summed E-state index contributed by atoms with van der Waals surface area (Å²) in [7, 11) is 0. The smallest absolute Gasteiger partial charge is 0.225 e. The highest BCUT2D eigenvalue weighted by atomic mass is 16.4. The Balaban J connectivity index is 2.49. The van der Waals surface area contributed by atoms with Crippen molar-refractivity contribution in [2.24, 2.45) is 22.7 Å². The normalized spacial score (nSPS) is 17.0. The molecule has 0 aromatic heterocycles. The average molecular weight is 241 g/mol. The van der Waals surface area contributed by atoms with Crippen LogP contribution in [0.2, 0.25) is 0 Å². The van der Waals surface area contributed by atoms with Gasteiger partial charge in [-0.1, -0.05) is 25.4 Å². The van der Waals surface area contributed by atoms with Gasteiger partial charge in [0.1, 0.15) is 5.84 Å². The van der Waals surface area contributed by atoms with Crippen molar-refractivity contribution in [1.82, 2.24) is 4.90 Å². The van der Waals surface area contributed by atoms with Crippen molar-refractivity contribution >= 4 is 11.7 Å². The third kappa shape index (κ3) is 4.24. The summed E-state index contributed by atoms with van der Waals surface area (Å²) >= 11 is 0. The van der Waals surface area contributed by atoms with Crippen molar-refractivity contribution in [1.29, 1.82) is 0 Å². The van der Waals surface area contributed by atoms with Gasteiger partial charge in [-0.2, -0.15) is 0 Å². The maximum absolute atomic E-state index is 12.1. The molecule has 0 saturated heterocycles. The quantitative estimate of drug-likeness (QED) is 0.319. The second-order valence-corrected chi connectivity index (χ2v) is 5.15. The molecule has 17 heavy (non-hydrogen) atoms. The molecule has 3 N–H and O–H groups in total. The maximum Gasteiger partial charge on any atom is 0.225 e. The van der Waals surface area contributed by atoms with E-state index in [1.54, 1.807) is 0 Å². The van der Waals surface area contributed by atoms with Gasteiger partial charge in [0.25, 0.3) is 0 Å². The van der Waals surface area contributed by atoms with Crippen molar-refractivity contribution in [3.05, 3.63) is 0 Å². The largest absolute Gasteiger partial charge is 0.409 e. The first-order valence-corrected chi connectivity index (χ1v) is 6.29. The Morgan fingerprint density at radius 2 is 2.18 bits per heavy atom. The first-order chi connectivity index (χ1) is 8.04. The van der Waals surface area contributed by atoms with Gasteiger partial charge in [0.15, 0.2) is 0 Å². The van der Waals surface area contributed by atoms with Crippen molar-refractivity contribution in [2.45, 2.75) is 39.5 Å². The topological polar surface area (TPSA) is 78.9 Å². The van der Waals surface area contributed by atoms with E-state index < -0.39 is 0 Å². The van der Waals surface area contributed by atoms with E-state index in [0.717, 1.165) is 25.8 Å². The Labute approximate surface area is 103 Å². The highest BCUT2D eigenvalue weighted by Gasteiger charge is 2.29. The fourth-order valence-corrected chi connectivity index (χ4v) is 1.95. The molecule has 0 spiro atoms. The molecule has 1 saturated carbocycles. The number of nitrogens with zero attached hydrogens (tertiary/aromatic N) is 2. The summed E-state index contributed by atoms with van der Waals surface area (Å²) in [5.74, 6) is 1.06. The van der Waals surface area contributed by atoms with Crippen LogP contribution < -0.4 is 5.73 Å². The fourth-order valence-electron chi connectivity index (χ4n) is 1.95. The highest BCUT2D eigenvalue weighted by molar-refractivity contribution is 5.82. The summed E-state index contributed by atoms with van der Waals surface area (Å²) < 4.78 is 0. The third-order valence-corrected chi connectivity index (χ3v) is 3.12. The molecule has 0 aromatic carbocycles. The van der Waals surface area contributed by atoms with Gasteiger partial charge in [0.2, 0.25) is 5.91 Å². The number of amides is 1. The first kappa shape index (κ1) is 13.8. The second-order valence-electron chi connectivity index (χ2n) is 5.15. The molecule has 98 valence electrons. The van der Waals surface area contributed by atoms with Crippen molar-refractivity contribution in [3.8, 4) is 0 Å². The zero-order chi connectivity index (χ0) is 12.8. The zero-order valence-electron chi connectivity index (χ0n) is 10.7. The van der Waals surface area contributed by atoms with Crippen LogP contribution in [0.3, 0.4) is 0 Å². The standard InChI is InChI=1S/C12H23N3O2/c1-9(2)8-15(7-6-11(13)14-17)12(16)10-4-3-5-10/h9-10,17H,3-8H2,1-2H3,(H2,13,14). The van der Waals surface area contributed by atoms with Crippen LogP contribution in [0, 0.1) is 11.8 Å². The van der Waals surface area contributed by atoms with Crippen molar-refractivity contribution < 1.29 is 10.0 Å². The Hall–Kier alpha value is -1.26. The van der Waals surface area contributed by atoms with Gasteiger partial charge in [-0.3, -0.25) is 4.79 Å². The number of amidine groups is 1. The summed E-state index contributed by atoms with van der Waals surface area (Å²) in [5.41, 5.74) is 5.44. The molecular weight excluding hydrogens is 218 g/mol. The molecule has 0 bridgehead atoms. The molecule has 1 aliphatic rings. The summed E-state index contributed by atoms with van der Waals surface area (Å²) in [6, 6.07) is 0. The number of rotatable bonds is 6. The second kappa shape index (κ2) is 6.47. The molecule has 0 aliphatic heterocycles. The molecule has 1 rings (SSSR count). The van der Waals surface area contributed by atoms with E-state index >= 15 is 0 Å². The summed E-state index contributed by atoms with van der Waals surface area (Å²) in [4.78, 5) is 14.0. The molecule has 0 aromatic rings. The van der Waals surface area contributed by atoms with Crippen LogP contribution in [0.4, 0.5) is 0 Å². The van der Waals surface area contributed by atoms with E-state index in [-0.39, 0.29) is 17.7 Å². The van der Waals surface area contributed by atoms with E-state index in [4.69, 9.17) is 10.9 Å². The summed E-state index contributed by atoms with van der Waals surface area (Å²) in [5, 5.41) is 11.4. The molecule has 0 unspecified atom stereocenters. The lowest BCUT2D eigenvalue weighted by atomic mass is 9.84. The van der Waals surface area contributed by atoms with Crippen molar-refractivity contribution in [3.63, 3.8) is 0 Å². The lowest BCUT2D eigenvalue weighted by molar-refractivity contribution is -0.138. The van der Waals surface area contributed by atoms with E-state index in [0.29, 0.717) is 18.9 Å². The average Bonchev–Trinajstić information content (AvgIpc) is 2.20. The van der Waals surface area contributed by atoms with Gasteiger partial charge in [-0.15, -0.1) is 0 Å². The maximum atomic E-state index is 12.1. The molecular formula is C12H23N3O2. The van der Waals surface area contributed by atoms with Gasteiger partial charge in [-0.25, -0.2) is 0 Å². The lowest BCUT2D eigenvalue weighted by Crippen LogP contribution is -2.42. The number of oxime groups is 1. The first-order valence-electron chi connectivity index (χ1n) is 6.29. The summed E-state index contributed by atoms with van der Waals surface area (Å²) in [6.45, 7) is 5.46. The van der Waals surface area contributed by atoms with Crippen LogP contribution in [0.1, 0.15) is 39.5 Å². The van der Waals surface area contributed by atoms with E-state index in [1.807, 2.05) is 4.90 Å². The molecule has 0 radical (unpaired) electrons. The van der Waals surface area contributed by atoms with Crippen LogP contribution >= 0.6 is 0 Å². The Morgan fingerprint density at radius 3 is 2.59 bits per heavy atom. The SMILES string of the molecule is CC(C)CN(CCC(N)=NO)C(=O)C1CCC1. The molecule has 0 heterocycles. The predicted octanol–water partition coefficient (Wildman–Crippen LogP) is 1.41. The van der Waals surface area contributed by atoms with E-state index in [2.05, 4.69) is 19.0 Å². The minimum Gasteiger partial charge on any atom is -0.409 e. The number of carbonyl (C=O) groups excluding carboxylic acids is 1.